The van der Waals surface area contributed by atoms with E-state index in [2.05, 4.69) is 5.32 Å². The number of hydrogen-bond acceptors (Lipinski definition) is 4. The van der Waals surface area contributed by atoms with Crippen LogP contribution in [-0.4, -0.2) is 32.4 Å². The van der Waals surface area contributed by atoms with Crippen molar-refractivity contribution < 1.29 is 14.6 Å². The van der Waals surface area contributed by atoms with E-state index in [1.54, 1.807) is 14.2 Å². The fraction of sp³-hybridized carbons (Fsp3) is 0.571. The van der Waals surface area contributed by atoms with Crippen LogP contribution in [0.4, 0.5) is 0 Å². The summed E-state index contributed by atoms with van der Waals surface area (Å²) in [5.41, 5.74) is 0.861. The molecule has 0 radical (unpaired) electrons. The molecule has 0 bridgehead atoms. The van der Waals surface area contributed by atoms with Crippen LogP contribution in [0.1, 0.15) is 24.5 Å². The SMILES string of the molecule is COc1cc(OC)cc(C(O)C2CCCNC2)c1. The molecule has 1 aliphatic rings. The molecule has 0 amide bonds. The van der Waals surface area contributed by atoms with Gasteiger partial charge in [0.2, 0.25) is 0 Å². The van der Waals surface area contributed by atoms with E-state index in [1.807, 2.05) is 18.2 Å². The van der Waals surface area contributed by atoms with Gasteiger partial charge in [-0.05, 0) is 37.1 Å². The summed E-state index contributed by atoms with van der Waals surface area (Å²) in [7, 11) is 3.24. The van der Waals surface area contributed by atoms with Crippen LogP contribution in [0.5, 0.6) is 11.5 Å². The fourth-order valence-electron chi connectivity index (χ4n) is 2.42. The number of aliphatic hydroxyl groups is 1. The lowest BCUT2D eigenvalue weighted by molar-refractivity contribution is 0.0917. The summed E-state index contributed by atoms with van der Waals surface area (Å²) in [6, 6.07) is 5.57. The Kier molecular flexibility index (Phi) is 4.44. The summed E-state index contributed by atoms with van der Waals surface area (Å²) in [4.78, 5) is 0. The highest BCUT2D eigenvalue weighted by Gasteiger charge is 2.23. The predicted octanol–water partition coefficient (Wildman–Crippen LogP) is 1.74. The maximum Gasteiger partial charge on any atom is 0.122 e. The molecule has 0 saturated carbocycles. The molecule has 1 aliphatic heterocycles. The van der Waals surface area contributed by atoms with Crippen LogP contribution in [0.2, 0.25) is 0 Å². The Hall–Kier alpha value is -1.26. The first kappa shape index (κ1) is 13.2. The molecule has 4 heteroatoms. The lowest BCUT2D eigenvalue weighted by Gasteiger charge is -2.28. The van der Waals surface area contributed by atoms with Crippen molar-refractivity contribution in [2.45, 2.75) is 18.9 Å². The van der Waals surface area contributed by atoms with E-state index in [0.717, 1.165) is 31.5 Å². The van der Waals surface area contributed by atoms with Gasteiger partial charge in [-0.3, -0.25) is 0 Å². The standard InChI is InChI=1S/C14H21NO3/c1-17-12-6-11(7-13(8-12)18-2)14(16)10-4-3-5-15-9-10/h6-8,10,14-16H,3-5,9H2,1-2H3. The lowest BCUT2D eigenvalue weighted by Crippen LogP contribution is -2.33. The van der Waals surface area contributed by atoms with Crippen molar-refractivity contribution in [3.05, 3.63) is 23.8 Å². The van der Waals surface area contributed by atoms with E-state index in [0.29, 0.717) is 11.5 Å². The molecule has 2 unspecified atom stereocenters. The number of rotatable bonds is 4. The molecule has 4 nitrogen and oxygen atoms in total. The highest BCUT2D eigenvalue weighted by molar-refractivity contribution is 5.39. The Morgan fingerprint density at radius 3 is 2.39 bits per heavy atom. The Morgan fingerprint density at radius 1 is 1.22 bits per heavy atom. The van der Waals surface area contributed by atoms with Crippen molar-refractivity contribution in [2.75, 3.05) is 27.3 Å². The fourth-order valence-corrected chi connectivity index (χ4v) is 2.42. The molecule has 100 valence electrons. The van der Waals surface area contributed by atoms with Crippen LogP contribution >= 0.6 is 0 Å². The third-order valence-corrected chi connectivity index (χ3v) is 3.50. The monoisotopic (exact) mass is 251 g/mol. The summed E-state index contributed by atoms with van der Waals surface area (Å²) >= 11 is 0. The van der Waals surface area contributed by atoms with Gasteiger partial charge in [-0.15, -0.1) is 0 Å². The minimum absolute atomic E-state index is 0.260. The van der Waals surface area contributed by atoms with Gasteiger partial charge in [0.25, 0.3) is 0 Å². The van der Waals surface area contributed by atoms with Gasteiger partial charge in [-0.25, -0.2) is 0 Å². The molecule has 0 spiro atoms. The van der Waals surface area contributed by atoms with Gasteiger partial charge in [-0.2, -0.15) is 0 Å². The number of nitrogens with one attached hydrogen (secondary N) is 1. The minimum Gasteiger partial charge on any atom is -0.497 e. The number of piperidine rings is 1. The average molecular weight is 251 g/mol. The zero-order valence-electron chi connectivity index (χ0n) is 11.0. The van der Waals surface area contributed by atoms with Crippen molar-refractivity contribution in [1.29, 1.82) is 0 Å². The van der Waals surface area contributed by atoms with Crippen LogP contribution in [0.15, 0.2) is 18.2 Å². The Bertz CT molecular complexity index is 366. The van der Waals surface area contributed by atoms with Gasteiger partial charge in [0.05, 0.1) is 20.3 Å². The molecule has 1 aromatic rings. The highest BCUT2D eigenvalue weighted by atomic mass is 16.5. The zero-order chi connectivity index (χ0) is 13.0. The molecule has 1 aromatic carbocycles. The average Bonchev–Trinajstić information content (AvgIpc) is 2.46. The first-order valence-corrected chi connectivity index (χ1v) is 6.36. The summed E-state index contributed by atoms with van der Waals surface area (Å²) in [6.45, 7) is 1.91. The Balaban J connectivity index is 2.19. The summed E-state index contributed by atoms with van der Waals surface area (Å²) in [5.74, 6) is 1.69. The number of methoxy groups -OCH3 is 2. The van der Waals surface area contributed by atoms with Gasteiger partial charge >= 0.3 is 0 Å². The zero-order valence-corrected chi connectivity index (χ0v) is 11.0. The number of hydrogen-bond donors (Lipinski definition) is 2. The highest BCUT2D eigenvalue weighted by Crippen LogP contribution is 2.32. The van der Waals surface area contributed by atoms with Crippen LogP contribution in [0.25, 0.3) is 0 Å². The molecule has 2 rings (SSSR count). The smallest absolute Gasteiger partial charge is 0.122 e. The maximum absolute atomic E-state index is 10.4. The minimum atomic E-state index is -0.471. The Morgan fingerprint density at radius 2 is 1.89 bits per heavy atom. The largest absolute Gasteiger partial charge is 0.497 e. The van der Waals surface area contributed by atoms with E-state index < -0.39 is 6.10 Å². The molecular weight excluding hydrogens is 230 g/mol. The van der Waals surface area contributed by atoms with Crippen molar-refractivity contribution >= 4 is 0 Å². The first-order chi connectivity index (χ1) is 8.74. The molecule has 1 fully saturated rings. The molecule has 0 aromatic heterocycles. The number of aliphatic hydroxyl groups excluding tert-OH is 1. The van der Waals surface area contributed by atoms with Crippen LogP contribution in [0, 0.1) is 5.92 Å². The summed E-state index contributed by atoms with van der Waals surface area (Å²) < 4.78 is 10.5. The molecule has 2 atom stereocenters. The molecule has 2 N–H and O–H groups in total. The third-order valence-electron chi connectivity index (χ3n) is 3.50. The van der Waals surface area contributed by atoms with Gasteiger partial charge in [0.15, 0.2) is 0 Å². The van der Waals surface area contributed by atoms with E-state index in [4.69, 9.17) is 9.47 Å². The van der Waals surface area contributed by atoms with Crippen LogP contribution < -0.4 is 14.8 Å². The quantitative estimate of drug-likeness (QED) is 0.856. The Labute approximate surface area is 108 Å². The third kappa shape index (κ3) is 2.94. The van der Waals surface area contributed by atoms with Gasteiger partial charge < -0.3 is 19.9 Å². The second-order valence-electron chi connectivity index (χ2n) is 4.70. The van der Waals surface area contributed by atoms with Crippen molar-refractivity contribution in [3.63, 3.8) is 0 Å². The van der Waals surface area contributed by atoms with Gasteiger partial charge in [-0.1, -0.05) is 0 Å². The van der Waals surface area contributed by atoms with Gasteiger partial charge in [0, 0.05) is 18.5 Å². The topological polar surface area (TPSA) is 50.7 Å². The number of benzene rings is 1. The first-order valence-electron chi connectivity index (χ1n) is 6.36. The van der Waals surface area contributed by atoms with E-state index in [-0.39, 0.29) is 5.92 Å². The molecule has 18 heavy (non-hydrogen) atoms. The normalized spacial score (nSPS) is 21.4. The van der Waals surface area contributed by atoms with Crippen molar-refractivity contribution in [1.82, 2.24) is 5.32 Å². The molecule has 1 heterocycles. The van der Waals surface area contributed by atoms with E-state index in [1.165, 1.54) is 0 Å². The van der Waals surface area contributed by atoms with Gasteiger partial charge in [0.1, 0.15) is 11.5 Å². The van der Waals surface area contributed by atoms with E-state index in [9.17, 15) is 5.11 Å². The predicted molar refractivity (Wildman–Crippen MR) is 70.1 cm³/mol. The molecule has 0 aliphatic carbocycles. The van der Waals surface area contributed by atoms with Crippen molar-refractivity contribution in [2.24, 2.45) is 5.92 Å². The lowest BCUT2D eigenvalue weighted by atomic mass is 9.89. The van der Waals surface area contributed by atoms with E-state index >= 15 is 0 Å². The van der Waals surface area contributed by atoms with Crippen molar-refractivity contribution in [3.8, 4) is 11.5 Å². The summed E-state index contributed by atoms with van der Waals surface area (Å²) in [5, 5.41) is 13.8. The molecule has 1 saturated heterocycles. The summed E-state index contributed by atoms with van der Waals surface area (Å²) in [6.07, 6.45) is 1.69. The van der Waals surface area contributed by atoms with Crippen LogP contribution in [0.3, 0.4) is 0 Å². The van der Waals surface area contributed by atoms with Crippen LogP contribution in [-0.2, 0) is 0 Å². The maximum atomic E-state index is 10.4. The molecular formula is C14H21NO3. The second-order valence-corrected chi connectivity index (χ2v) is 4.70. The number of ether oxygens (including phenoxy) is 2. The second kappa shape index (κ2) is 6.07.